The molecule has 2 rings (SSSR count). The third kappa shape index (κ3) is 3.95. The monoisotopic (exact) mass is 276 g/mol. The van der Waals surface area contributed by atoms with Gasteiger partial charge in [-0.3, -0.25) is 4.90 Å². The van der Waals surface area contributed by atoms with E-state index >= 15 is 0 Å². The Morgan fingerprint density at radius 3 is 2.70 bits per heavy atom. The second-order valence-corrected chi connectivity index (χ2v) is 5.16. The minimum Gasteiger partial charge on any atom is -0.326 e. The maximum Gasteiger partial charge on any atom is 0.321 e. The maximum atomic E-state index is 12.2. The van der Waals surface area contributed by atoms with E-state index in [9.17, 15) is 4.79 Å². The van der Waals surface area contributed by atoms with E-state index in [0.717, 1.165) is 50.4 Å². The first-order valence-corrected chi connectivity index (χ1v) is 7.30. The molecule has 0 radical (unpaired) electrons. The smallest absolute Gasteiger partial charge is 0.321 e. The molecule has 5 heteroatoms. The van der Waals surface area contributed by atoms with Gasteiger partial charge in [0.1, 0.15) is 0 Å². The van der Waals surface area contributed by atoms with Gasteiger partial charge in [-0.2, -0.15) is 0 Å². The second kappa shape index (κ2) is 7.26. The van der Waals surface area contributed by atoms with Gasteiger partial charge in [-0.05, 0) is 30.7 Å². The van der Waals surface area contributed by atoms with Crippen LogP contribution in [0.2, 0.25) is 0 Å². The molecule has 1 aromatic carbocycles. The van der Waals surface area contributed by atoms with E-state index in [0.29, 0.717) is 6.54 Å². The van der Waals surface area contributed by atoms with Crippen LogP contribution in [0.4, 0.5) is 10.5 Å². The molecule has 1 aliphatic rings. The molecule has 5 nitrogen and oxygen atoms in total. The summed E-state index contributed by atoms with van der Waals surface area (Å²) in [6.45, 7) is 7.30. The van der Waals surface area contributed by atoms with Crippen molar-refractivity contribution in [2.24, 2.45) is 5.73 Å². The summed E-state index contributed by atoms with van der Waals surface area (Å²) in [5.41, 5.74) is 7.44. The lowest BCUT2D eigenvalue weighted by Gasteiger charge is -2.34. The number of carbonyl (C=O) groups is 1. The van der Waals surface area contributed by atoms with Gasteiger partial charge < -0.3 is 16.0 Å². The number of carbonyl (C=O) groups excluding carboxylic acids is 1. The van der Waals surface area contributed by atoms with Crippen LogP contribution in [0.3, 0.4) is 0 Å². The molecule has 0 bridgehead atoms. The van der Waals surface area contributed by atoms with Gasteiger partial charge in [0.2, 0.25) is 0 Å². The number of anilines is 1. The molecule has 1 aromatic rings. The van der Waals surface area contributed by atoms with Crippen molar-refractivity contribution in [3.63, 3.8) is 0 Å². The van der Waals surface area contributed by atoms with Gasteiger partial charge in [0.25, 0.3) is 0 Å². The van der Waals surface area contributed by atoms with Gasteiger partial charge in [0.15, 0.2) is 0 Å². The summed E-state index contributed by atoms with van der Waals surface area (Å²) in [6, 6.07) is 7.67. The standard InChI is InChI=1S/C15H24N4O/c1-2-6-18-7-9-19(10-8-18)15(20)17-14-5-3-4-13(11-14)12-16/h3-5,11H,2,6-10,12,16H2,1H3,(H,17,20). The quantitative estimate of drug-likeness (QED) is 0.880. The van der Waals surface area contributed by atoms with Gasteiger partial charge in [-0.25, -0.2) is 4.79 Å². The topological polar surface area (TPSA) is 61.6 Å². The molecule has 1 aliphatic heterocycles. The highest BCUT2D eigenvalue weighted by Crippen LogP contribution is 2.12. The third-order valence-electron chi connectivity index (χ3n) is 3.61. The highest BCUT2D eigenvalue weighted by atomic mass is 16.2. The minimum atomic E-state index is -0.0182. The van der Waals surface area contributed by atoms with E-state index in [1.54, 1.807) is 0 Å². The number of amides is 2. The summed E-state index contributed by atoms with van der Waals surface area (Å²) in [5, 5.41) is 2.95. The average molecular weight is 276 g/mol. The number of urea groups is 1. The number of hydrogen-bond donors (Lipinski definition) is 2. The minimum absolute atomic E-state index is 0.0182. The molecule has 1 heterocycles. The fourth-order valence-electron chi connectivity index (χ4n) is 2.47. The molecule has 2 amide bonds. The molecule has 0 saturated carbocycles. The summed E-state index contributed by atoms with van der Waals surface area (Å²) in [4.78, 5) is 16.5. The fourth-order valence-corrected chi connectivity index (χ4v) is 2.47. The Hall–Kier alpha value is -1.59. The van der Waals surface area contributed by atoms with Crippen LogP contribution in [0.1, 0.15) is 18.9 Å². The van der Waals surface area contributed by atoms with Gasteiger partial charge >= 0.3 is 6.03 Å². The zero-order valence-electron chi connectivity index (χ0n) is 12.1. The van der Waals surface area contributed by atoms with E-state index in [2.05, 4.69) is 17.1 Å². The van der Waals surface area contributed by atoms with E-state index < -0.39 is 0 Å². The first-order valence-electron chi connectivity index (χ1n) is 7.30. The lowest BCUT2D eigenvalue weighted by Crippen LogP contribution is -2.50. The summed E-state index contributed by atoms with van der Waals surface area (Å²) in [6.07, 6.45) is 1.16. The molecule has 0 spiro atoms. The number of benzene rings is 1. The molecule has 0 unspecified atom stereocenters. The van der Waals surface area contributed by atoms with Crippen molar-refractivity contribution in [2.75, 3.05) is 38.0 Å². The van der Waals surface area contributed by atoms with Crippen molar-refractivity contribution in [1.82, 2.24) is 9.80 Å². The first-order chi connectivity index (χ1) is 9.72. The van der Waals surface area contributed by atoms with Crippen LogP contribution >= 0.6 is 0 Å². The van der Waals surface area contributed by atoms with Crippen molar-refractivity contribution in [3.8, 4) is 0 Å². The lowest BCUT2D eigenvalue weighted by molar-refractivity contribution is 0.147. The van der Waals surface area contributed by atoms with Gasteiger partial charge in [-0.1, -0.05) is 19.1 Å². The number of rotatable bonds is 4. The Morgan fingerprint density at radius 2 is 2.05 bits per heavy atom. The molecule has 3 N–H and O–H groups in total. The number of piperazine rings is 1. The molecule has 110 valence electrons. The van der Waals surface area contributed by atoms with Crippen LogP contribution in [0.15, 0.2) is 24.3 Å². The van der Waals surface area contributed by atoms with Crippen molar-refractivity contribution in [1.29, 1.82) is 0 Å². The van der Waals surface area contributed by atoms with Crippen molar-refractivity contribution >= 4 is 11.7 Å². The average Bonchev–Trinajstić information content (AvgIpc) is 2.48. The summed E-state index contributed by atoms with van der Waals surface area (Å²) >= 11 is 0. The Morgan fingerprint density at radius 1 is 1.30 bits per heavy atom. The number of nitrogens with two attached hydrogens (primary N) is 1. The van der Waals surface area contributed by atoms with E-state index in [1.807, 2.05) is 29.2 Å². The molecular formula is C15H24N4O. The Balaban J connectivity index is 1.86. The lowest BCUT2D eigenvalue weighted by atomic mass is 10.2. The zero-order valence-corrected chi connectivity index (χ0v) is 12.1. The number of hydrogen-bond acceptors (Lipinski definition) is 3. The molecule has 1 fully saturated rings. The summed E-state index contributed by atoms with van der Waals surface area (Å²) in [5.74, 6) is 0. The highest BCUT2D eigenvalue weighted by molar-refractivity contribution is 5.89. The van der Waals surface area contributed by atoms with Crippen LogP contribution in [-0.4, -0.2) is 48.6 Å². The highest BCUT2D eigenvalue weighted by Gasteiger charge is 2.20. The second-order valence-electron chi connectivity index (χ2n) is 5.16. The molecular weight excluding hydrogens is 252 g/mol. The summed E-state index contributed by atoms with van der Waals surface area (Å²) < 4.78 is 0. The number of nitrogens with one attached hydrogen (secondary N) is 1. The Bertz CT molecular complexity index is 441. The summed E-state index contributed by atoms with van der Waals surface area (Å²) in [7, 11) is 0. The van der Waals surface area contributed by atoms with Gasteiger partial charge in [-0.15, -0.1) is 0 Å². The van der Waals surface area contributed by atoms with Crippen molar-refractivity contribution in [3.05, 3.63) is 29.8 Å². The normalized spacial score (nSPS) is 16.2. The van der Waals surface area contributed by atoms with Crippen LogP contribution in [0.5, 0.6) is 0 Å². The molecule has 0 aliphatic carbocycles. The van der Waals surface area contributed by atoms with E-state index in [1.165, 1.54) is 0 Å². The van der Waals surface area contributed by atoms with Crippen LogP contribution < -0.4 is 11.1 Å². The van der Waals surface area contributed by atoms with Crippen molar-refractivity contribution in [2.45, 2.75) is 19.9 Å². The van der Waals surface area contributed by atoms with Gasteiger partial charge in [0.05, 0.1) is 0 Å². The molecule has 20 heavy (non-hydrogen) atoms. The fraction of sp³-hybridized carbons (Fsp3) is 0.533. The SMILES string of the molecule is CCCN1CCN(C(=O)Nc2cccc(CN)c2)CC1. The maximum absolute atomic E-state index is 12.2. The van der Waals surface area contributed by atoms with E-state index in [-0.39, 0.29) is 6.03 Å². The third-order valence-corrected chi connectivity index (χ3v) is 3.61. The predicted molar refractivity (Wildman–Crippen MR) is 81.7 cm³/mol. The molecule has 0 atom stereocenters. The zero-order chi connectivity index (χ0) is 14.4. The number of nitrogens with zero attached hydrogens (tertiary/aromatic N) is 2. The predicted octanol–water partition coefficient (Wildman–Crippen LogP) is 1.70. The van der Waals surface area contributed by atoms with Crippen LogP contribution in [0.25, 0.3) is 0 Å². The Kier molecular flexibility index (Phi) is 5.38. The largest absolute Gasteiger partial charge is 0.326 e. The Labute approximate surface area is 120 Å². The molecule has 1 saturated heterocycles. The molecule has 0 aromatic heterocycles. The van der Waals surface area contributed by atoms with E-state index in [4.69, 9.17) is 5.73 Å². The van der Waals surface area contributed by atoms with Gasteiger partial charge in [0, 0.05) is 38.4 Å². The van der Waals surface area contributed by atoms with Crippen LogP contribution in [0, 0.1) is 0 Å². The first kappa shape index (κ1) is 14.8. The van der Waals surface area contributed by atoms with Crippen LogP contribution in [-0.2, 0) is 6.54 Å². The van der Waals surface area contributed by atoms with Crippen molar-refractivity contribution < 1.29 is 4.79 Å².